The van der Waals surface area contributed by atoms with Crippen molar-refractivity contribution in [1.82, 2.24) is 5.32 Å². The Morgan fingerprint density at radius 1 is 1.28 bits per heavy atom. The molecule has 5 heteroatoms. The van der Waals surface area contributed by atoms with E-state index < -0.39 is 0 Å². The number of fused-ring (bicyclic) bond motifs is 1. The second-order valence-electron chi connectivity index (χ2n) is 6.33. The molecule has 0 saturated carbocycles. The van der Waals surface area contributed by atoms with Gasteiger partial charge in [-0.05, 0) is 36.6 Å². The van der Waals surface area contributed by atoms with Gasteiger partial charge in [-0.25, -0.2) is 0 Å². The normalized spacial score (nSPS) is 16.1. The van der Waals surface area contributed by atoms with Crippen LogP contribution in [0.2, 0.25) is 5.02 Å². The standard InChI is InChI=1S/C20H23ClN2O2/c1-23-17(14-25-19-10-9-16(21)12-18(19)23)13-20(24)22-11-5-8-15-6-3-2-4-7-15/h2-4,6-7,9-10,12,17H,5,8,11,13-14H2,1H3,(H,22,24)/t17-/m1/s1. The van der Waals surface area contributed by atoms with Crippen molar-refractivity contribution in [1.29, 1.82) is 0 Å². The molecule has 4 nitrogen and oxygen atoms in total. The lowest BCUT2D eigenvalue weighted by molar-refractivity contribution is -0.121. The van der Waals surface area contributed by atoms with Crippen molar-refractivity contribution in [3.63, 3.8) is 0 Å². The fourth-order valence-corrected chi connectivity index (χ4v) is 3.20. The van der Waals surface area contributed by atoms with Crippen LogP contribution in [0.5, 0.6) is 5.75 Å². The minimum absolute atomic E-state index is 0.0140. The predicted octanol–water partition coefficient (Wildman–Crippen LogP) is 3.68. The maximum absolute atomic E-state index is 12.2. The number of nitrogens with one attached hydrogen (secondary N) is 1. The third-order valence-corrected chi connectivity index (χ3v) is 4.74. The van der Waals surface area contributed by atoms with Gasteiger partial charge in [0.25, 0.3) is 0 Å². The monoisotopic (exact) mass is 358 g/mol. The highest BCUT2D eigenvalue weighted by molar-refractivity contribution is 6.31. The van der Waals surface area contributed by atoms with Crippen LogP contribution in [-0.2, 0) is 11.2 Å². The molecule has 1 heterocycles. The van der Waals surface area contributed by atoms with Crippen LogP contribution < -0.4 is 15.0 Å². The fourth-order valence-electron chi connectivity index (χ4n) is 3.03. The van der Waals surface area contributed by atoms with Crippen LogP contribution in [0.15, 0.2) is 48.5 Å². The van der Waals surface area contributed by atoms with Gasteiger partial charge in [0.15, 0.2) is 0 Å². The smallest absolute Gasteiger partial charge is 0.222 e. The lowest BCUT2D eigenvalue weighted by atomic mass is 10.1. The molecule has 0 fully saturated rings. The van der Waals surface area contributed by atoms with Gasteiger partial charge < -0.3 is 15.0 Å². The van der Waals surface area contributed by atoms with E-state index in [9.17, 15) is 4.79 Å². The molecule has 1 N–H and O–H groups in total. The Hall–Kier alpha value is -2.20. The molecule has 132 valence electrons. The minimum atomic E-state index is 0.0140. The molecule has 2 aromatic rings. The first-order valence-corrected chi connectivity index (χ1v) is 8.97. The SMILES string of the molecule is CN1c2cc(Cl)ccc2OC[C@H]1CC(=O)NCCCc1ccccc1. The molecule has 1 atom stereocenters. The van der Waals surface area contributed by atoms with Gasteiger partial charge in [0.2, 0.25) is 5.91 Å². The number of hydrogen-bond acceptors (Lipinski definition) is 3. The third kappa shape index (κ3) is 4.67. The van der Waals surface area contributed by atoms with E-state index in [0.29, 0.717) is 24.6 Å². The number of hydrogen-bond donors (Lipinski definition) is 1. The number of amides is 1. The van der Waals surface area contributed by atoms with Crippen LogP contribution in [0.4, 0.5) is 5.69 Å². The molecule has 0 aliphatic carbocycles. The van der Waals surface area contributed by atoms with Gasteiger partial charge in [-0.3, -0.25) is 4.79 Å². The zero-order valence-corrected chi connectivity index (χ0v) is 15.1. The van der Waals surface area contributed by atoms with E-state index in [2.05, 4.69) is 22.3 Å². The van der Waals surface area contributed by atoms with Crippen LogP contribution in [0.3, 0.4) is 0 Å². The molecule has 0 spiro atoms. The van der Waals surface area contributed by atoms with Gasteiger partial charge in [-0.1, -0.05) is 41.9 Å². The molecule has 3 rings (SSSR count). The van der Waals surface area contributed by atoms with Crippen molar-refractivity contribution in [3.8, 4) is 5.75 Å². The number of likely N-dealkylation sites (N-methyl/N-ethyl adjacent to an activating group) is 1. The number of rotatable bonds is 6. The summed E-state index contributed by atoms with van der Waals surface area (Å²) in [5.41, 5.74) is 2.23. The largest absolute Gasteiger partial charge is 0.489 e. The molecule has 1 aliphatic heterocycles. The van der Waals surface area contributed by atoms with Crippen LogP contribution in [0, 0.1) is 0 Å². The summed E-state index contributed by atoms with van der Waals surface area (Å²) in [5, 5.41) is 3.68. The highest BCUT2D eigenvalue weighted by Crippen LogP contribution is 2.35. The molecular weight excluding hydrogens is 336 g/mol. The summed E-state index contributed by atoms with van der Waals surface area (Å²) in [5.74, 6) is 0.866. The highest BCUT2D eigenvalue weighted by Gasteiger charge is 2.26. The van der Waals surface area contributed by atoms with E-state index in [-0.39, 0.29) is 11.9 Å². The van der Waals surface area contributed by atoms with E-state index in [4.69, 9.17) is 16.3 Å². The molecule has 0 radical (unpaired) electrons. The van der Waals surface area contributed by atoms with Gasteiger partial charge in [-0.2, -0.15) is 0 Å². The Morgan fingerprint density at radius 2 is 2.08 bits per heavy atom. The van der Waals surface area contributed by atoms with E-state index >= 15 is 0 Å². The van der Waals surface area contributed by atoms with Crippen LogP contribution in [0.1, 0.15) is 18.4 Å². The molecule has 0 saturated heterocycles. The number of nitrogens with zero attached hydrogens (tertiary/aromatic N) is 1. The number of halogens is 1. The summed E-state index contributed by atoms with van der Waals surface area (Å²) in [6.07, 6.45) is 2.32. The first kappa shape index (κ1) is 17.6. The average molecular weight is 359 g/mol. The Kier molecular flexibility index (Phi) is 5.82. The molecular formula is C20H23ClN2O2. The predicted molar refractivity (Wildman–Crippen MR) is 102 cm³/mol. The number of benzene rings is 2. The molecule has 2 aromatic carbocycles. The third-order valence-electron chi connectivity index (χ3n) is 4.51. The van der Waals surface area contributed by atoms with Crippen molar-refractivity contribution in [2.24, 2.45) is 0 Å². The number of aryl methyl sites for hydroxylation is 1. The fraction of sp³-hybridized carbons (Fsp3) is 0.350. The van der Waals surface area contributed by atoms with Crippen LogP contribution in [0.25, 0.3) is 0 Å². The topological polar surface area (TPSA) is 41.6 Å². The lowest BCUT2D eigenvalue weighted by Crippen LogP contribution is -2.43. The van der Waals surface area contributed by atoms with E-state index in [1.165, 1.54) is 5.56 Å². The lowest BCUT2D eigenvalue weighted by Gasteiger charge is -2.35. The van der Waals surface area contributed by atoms with Crippen molar-refractivity contribution >= 4 is 23.2 Å². The quantitative estimate of drug-likeness (QED) is 0.801. The Labute approximate surface area is 153 Å². The Balaban J connectivity index is 1.45. The summed E-state index contributed by atoms with van der Waals surface area (Å²) in [7, 11) is 1.98. The van der Waals surface area contributed by atoms with Crippen molar-refractivity contribution in [2.45, 2.75) is 25.3 Å². The van der Waals surface area contributed by atoms with Crippen LogP contribution >= 0.6 is 11.6 Å². The second kappa shape index (κ2) is 8.26. The van der Waals surface area contributed by atoms with Crippen LogP contribution in [-0.4, -0.2) is 32.1 Å². The first-order valence-electron chi connectivity index (χ1n) is 8.59. The molecule has 1 aliphatic rings. The van der Waals surface area contributed by atoms with Gasteiger partial charge in [0.05, 0.1) is 18.2 Å². The molecule has 0 bridgehead atoms. The second-order valence-corrected chi connectivity index (χ2v) is 6.77. The number of carbonyl (C=O) groups excluding carboxylic acids is 1. The van der Waals surface area contributed by atoms with Gasteiger partial charge in [0, 0.05) is 18.6 Å². The first-order chi connectivity index (χ1) is 12.1. The molecule has 25 heavy (non-hydrogen) atoms. The summed E-state index contributed by atoms with van der Waals surface area (Å²) in [4.78, 5) is 14.3. The van der Waals surface area contributed by atoms with Gasteiger partial charge in [0.1, 0.15) is 12.4 Å². The Morgan fingerprint density at radius 3 is 2.88 bits per heavy atom. The molecule has 0 aromatic heterocycles. The van der Waals surface area contributed by atoms with Crippen molar-refractivity contribution in [3.05, 3.63) is 59.1 Å². The van der Waals surface area contributed by atoms with Crippen molar-refractivity contribution < 1.29 is 9.53 Å². The zero-order chi connectivity index (χ0) is 17.6. The number of ether oxygens (including phenoxy) is 1. The highest BCUT2D eigenvalue weighted by atomic mass is 35.5. The van der Waals surface area contributed by atoms with E-state index in [1.54, 1.807) is 0 Å². The summed E-state index contributed by atoms with van der Waals surface area (Å²) in [6.45, 7) is 1.19. The van der Waals surface area contributed by atoms with E-state index in [1.807, 2.05) is 43.4 Å². The van der Waals surface area contributed by atoms with Crippen molar-refractivity contribution in [2.75, 3.05) is 25.1 Å². The Bertz CT molecular complexity index is 721. The maximum atomic E-state index is 12.2. The maximum Gasteiger partial charge on any atom is 0.222 e. The molecule has 0 unspecified atom stereocenters. The summed E-state index contributed by atoms with van der Waals surface area (Å²) in [6, 6.07) is 15.9. The van der Waals surface area contributed by atoms with Gasteiger partial charge >= 0.3 is 0 Å². The minimum Gasteiger partial charge on any atom is -0.489 e. The summed E-state index contributed by atoms with van der Waals surface area (Å²) >= 11 is 6.07. The number of anilines is 1. The van der Waals surface area contributed by atoms with Gasteiger partial charge in [-0.15, -0.1) is 0 Å². The number of carbonyl (C=O) groups is 1. The van der Waals surface area contributed by atoms with E-state index in [0.717, 1.165) is 24.3 Å². The molecule has 1 amide bonds. The zero-order valence-electron chi connectivity index (χ0n) is 14.4. The average Bonchev–Trinajstić information content (AvgIpc) is 2.62. The summed E-state index contributed by atoms with van der Waals surface area (Å²) < 4.78 is 5.77.